The van der Waals surface area contributed by atoms with Crippen LogP contribution in [0.1, 0.15) is 21.6 Å². The summed E-state index contributed by atoms with van der Waals surface area (Å²) < 4.78 is 7.11. The summed E-state index contributed by atoms with van der Waals surface area (Å²) in [4.78, 5) is 25.8. The molecule has 4 rings (SSSR count). The van der Waals surface area contributed by atoms with Crippen molar-refractivity contribution in [1.82, 2.24) is 24.7 Å². The lowest BCUT2D eigenvalue weighted by molar-refractivity contribution is 0.102. The molecule has 0 spiro atoms. The second-order valence-corrected chi connectivity index (χ2v) is 7.03. The lowest BCUT2D eigenvalue weighted by atomic mass is 10.2. The molecule has 0 aliphatic carbocycles. The number of aromatic nitrogens is 5. The normalized spacial score (nSPS) is 10.8. The van der Waals surface area contributed by atoms with Gasteiger partial charge in [0.1, 0.15) is 17.7 Å². The Morgan fingerprint density at radius 2 is 2.03 bits per heavy atom. The van der Waals surface area contributed by atoms with Crippen LogP contribution in [0, 0.1) is 6.92 Å². The van der Waals surface area contributed by atoms with Gasteiger partial charge in [-0.3, -0.25) is 4.79 Å². The fraction of sp³-hybridized carbons (Fsp3) is 0.150. The molecule has 0 fully saturated rings. The number of carbonyl (C=O) groups is 1. The maximum absolute atomic E-state index is 12.9. The first kappa shape index (κ1) is 18.9. The van der Waals surface area contributed by atoms with Gasteiger partial charge in [-0.2, -0.15) is 5.10 Å². The van der Waals surface area contributed by atoms with Crippen LogP contribution >= 0.6 is 11.8 Å². The van der Waals surface area contributed by atoms with Crippen molar-refractivity contribution in [3.8, 4) is 11.6 Å². The number of hydrogen-bond donors (Lipinski definition) is 1. The summed E-state index contributed by atoms with van der Waals surface area (Å²) in [6, 6.07) is 11.2. The number of thioether (sulfide) groups is 1. The van der Waals surface area contributed by atoms with Crippen LogP contribution in [0.15, 0.2) is 64.8 Å². The van der Waals surface area contributed by atoms with Crippen molar-refractivity contribution in [1.29, 1.82) is 0 Å². The van der Waals surface area contributed by atoms with Crippen molar-refractivity contribution >= 4 is 23.4 Å². The number of nitrogens with zero attached hydrogens (tertiary/aromatic N) is 5. The Hall–Kier alpha value is -3.46. The lowest BCUT2D eigenvalue weighted by Gasteiger charge is -2.12. The van der Waals surface area contributed by atoms with E-state index in [0.29, 0.717) is 40.1 Å². The first-order valence-corrected chi connectivity index (χ1v) is 10.1. The van der Waals surface area contributed by atoms with E-state index in [1.807, 2.05) is 30.5 Å². The number of nitrogens with one attached hydrogen (secondary N) is 1. The van der Waals surface area contributed by atoms with Crippen LogP contribution < -0.4 is 5.32 Å². The predicted molar refractivity (Wildman–Crippen MR) is 110 cm³/mol. The van der Waals surface area contributed by atoms with Crippen LogP contribution in [0.2, 0.25) is 0 Å². The van der Waals surface area contributed by atoms with Crippen LogP contribution in [0.3, 0.4) is 0 Å². The molecular weight excluding hydrogens is 388 g/mol. The summed E-state index contributed by atoms with van der Waals surface area (Å²) in [5.41, 5.74) is 2.80. The van der Waals surface area contributed by atoms with Crippen LogP contribution in [-0.4, -0.2) is 36.9 Å². The van der Waals surface area contributed by atoms with Crippen molar-refractivity contribution in [2.45, 2.75) is 18.5 Å². The number of benzene rings is 1. The van der Waals surface area contributed by atoms with E-state index in [0.717, 1.165) is 5.56 Å². The molecule has 0 radical (unpaired) electrons. The maximum atomic E-state index is 12.9. The monoisotopic (exact) mass is 406 g/mol. The van der Waals surface area contributed by atoms with Crippen LogP contribution in [0.4, 0.5) is 5.69 Å². The van der Waals surface area contributed by atoms with Gasteiger partial charge in [0, 0.05) is 5.69 Å². The number of hydrogen-bond acceptors (Lipinski definition) is 7. The fourth-order valence-electron chi connectivity index (χ4n) is 2.86. The van der Waals surface area contributed by atoms with E-state index in [2.05, 4.69) is 25.4 Å². The van der Waals surface area contributed by atoms with Gasteiger partial charge in [-0.1, -0.05) is 12.1 Å². The Balaban J connectivity index is 1.53. The molecule has 4 aromatic rings. The van der Waals surface area contributed by atoms with E-state index in [1.54, 1.807) is 36.3 Å². The average Bonchev–Trinajstić information content (AvgIpc) is 3.43. The topological polar surface area (TPSA) is 98.7 Å². The van der Waals surface area contributed by atoms with Gasteiger partial charge in [-0.05, 0) is 43.0 Å². The van der Waals surface area contributed by atoms with E-state index in [-0.39, 0.29) is 5.91 Å². The van der Waals surface area contributed by atoms with Gasteiger partial charge >= 0.3 is 0 Å². The number of amides is 1. The molecule has 0 bridgehead atoms. The third-order valence-corrected chi connectivity index (χ3v) is 4.92. The van der Waals surface area contributed by atoms with Gasteiger partial charge in [-0.25, -0.2) is 19.6 Å². The van der Waals surface area contributed by atoms with Crippen LogP contribution in [0.5, 0.6) is 0 Å². The molecule has 1 aromatic carbocycles. The summed E-state index contributed by atoms with van der Waals surface area (Å²) in [5.74, 6) is 0.783. The number of carbonyl (C=O) groups excluding carboxylic acids is 1. The van der Waals surface area contributed by atoms with Gasteiger partial charge in [-0.15, -0.1) is 11.8 Å². The Morgan fingerprint density at radius 3 is 2.69 bits per heavy atom. The molecule has 1 N–H and O–H groups in total. The number of aryl methyl sites for hydroxylation is 1. The molecule has 0 atom stereocenters. The molecule has 146 valence electrons. The first-order valence-electron chi connectivity index (χ1n) is 8.83. The molecule has 29 heavy (non-hydrogen) atoms. The van der Waals surface area contributed by atoms with Crippen molar-refractivity contribution in [2.24, 2.45) is 0 Å². The van der Waals surface area contributed by atoms with Crippen LogP contribution in [-0.2, 0) is 6.54 Å². The fourth-order valence-corrected chi connectivity index (χ4v) is 3.48. The quantitative estimate of drug-likeness (QED) is 0.385. The molecular formula is C20H18N6O2S. The van der Waals surface area contributed by atoms with Gasteiger partial charge < -0.3 is 9.73 Å². The molecule has 0 aliphatic rings. The second kappa shape index (κ2) is 8.27. The number of rotatable bonds is 6. The molecule has 0 saturated heterocycles. The molecule has 9 heteroatoms. The summed E-state index contributed by atoms with van der Waals surface area (Å²) in [7, 11) is 0. The minimum absolute atomic E-state index is 0.248. The van der Waals surface area contributed by atoms with E-state index in [9.17, 15) is 4.79 Å². The Bertz CT molecular complexity index is 1110. The highest BCUT2D eigenvalue weighted by Gasteiger charge is 2.20. The van der Waals surface area contributed by atoms with Crippen molar-refractivity contribution in [2.75, 3.05) is 11.6 Å². The minimum atomic E-state index is -0.248. The highest BCUT2D eigenvalue weighted by atomic mass is 32.2. The molecule has 1 amide bonds. The second-order valence-electron chi connectivity index (χ2n) is 6.24. The van der Waals surface area contributed by atoms with Gasteiger partial charge in [0.25, 0.3) is 5.91 Å². The van der Waals surface area contributed by atoms with Crippen LogP contribution in [0.25, 0.3) is 11.6 Å². The summed E-state index contributed by atoms with van der Waals surface area (Å²) in [5, 5.41) is 7.61. The van der Waals surface area contributed by atoms with Crippen molar-refractivity contribution in [3.05, 3.63) is 72.1 Å². The van der Waals surface area contributed by atoms with Gasteiger partial charge in [0.2, 0.25) is 0 Å². The third-order valence-electron chi connectivity index (χ3n) is 4.24. The summed E-state index contributed by atoms with van der Waals surface area (Å²) in [6.07, 6.45) is 6.61. The zero-order valence-corrected chi connectivity index (χ0v) is 16.7. The number of furan rings is 1. The smallest absolute Gasteiger partial charge is 0.260 e. The summed E-state index contributed by atoms with van der Waals surface area (Å²) in [6.45, 7) is 2.41. The van der Waals surface area contributed by atoms with E-state index in [4.69, 9.17) is 4.42 Å². The standard InChI is InChI=1S/C20H18N6O2S/c1-13-17(20(29-2)25-18(23-13)16-4-3-9-28-16)19(27)24-15-7-5-14(6-8-15)10-26-12-21-11-22-26/h3-9,11-12H,10H2,1-2H3,(H,24,27). The Kier molecular flexibility index (Phi) is 5.39. The molecule has 0 unspecified atom stereocenters. The maximum Gasteiger partial charge on any atom is 0.260 e. The highest BCUT2D eigenvalue weighted by molar-refractivity contribution is 7.98. The molecule has 3 aromatic heterocycles. The zero-order chi connectivity index (χ0) is 20.2. The molecule has 0 aliphatic heterocycles. The van der Waals surface area contributed by atoms with E-state index >= 15 is 0 Å². The first-order chi connectivity index (χ1) is 14.1. The molecule has 3 heterocycles. The number of anilines is 1. The highest BCUT2D eigenvalue weighted by Crippen LogP contribution is 2.26. The average molecular weight is 406 g/mol. The van der Waals surface area contributed by atoms with Crippen molar-refractivity contribution < 1.29 is 9.21 Å². The minimum Gasteiger partial charge on any atom is -0.461 e. The predicted octanol–water partition coefficient (Wildman–Crippen LogP) is 3.66. The Labute approximate surface area is 171 Å². The SMILES string of the molecule is CSc1nc(-c2ccco2)nc(C)c1C(=O)Nc1ccc(Cn2cncn2)cc1. The third kappa shape index (κ3) is 4.19. The van der Waals surface area contributed by atoms with E-state index in [1.165, 1.54) is 18.1 Å². The van der Waals surface area contributed by atoms with Crippen molar-refractivity contribution in [3.63, 3.8) is 0 Å². The molecule has 0 saturated carbocycles. The van der Waals surface area contributed by atoms with Gasteiger partial charge in [0.15, 0.2) is 11.6 Å². The zero-order valence-electron chi connectivity index (χ0n) is 15.9. The van der Waals surface area contributed by atoms with E-state index < -0.39 is 0 Å². The largest absolute Gasteiger partial charge is 0.461 e. The molecule has 8 nitrogen and oxygen atoms in total. The van der Waals surface area contributed by atoms with Gasteiger partial charge in [0.05, 0.1) is 24.1 Å². The summed E-state index contributed by atoms with van der Waals surface area (Å²) >= 11 is 1.40. The lowest BCUT2D eigenvalue weighted by Crippen LogP contribution is -2.17. The Morgan fingerprint density at radius 1 is 1.21 bits per heavy atom.